The molecule has 1 aliphatic heterocycles. The van der Waals surface area contributed by atoms with E-state index in [0.29, 0.717) is 25.7 Å². The third-order valence-corrected chi connectivity index (χ3v) is 4.27. The molecule has 2 fully saturated rings. The minimum absolute atomic E-state index is 0.0853. The van der Waals surface area contributed by atoms with Gasteiger partial charge in [-0.1, -0.05) is 17.7 Å². The van der Waals surface area contributed by atoms with Crippen LogP contribution in [0.25, 0.3) is 0 Å². The van der Waals surface area contributed by atoms with Crippen molar-refractivity contribution in [1.82, 2.24) is 15.1 Å². The molecule has 1 heterocycles. The van der Waals surface area contributed by atoms with Crippen LogP contribution in [0.15, 0.2) is 24.3 Å². The van der Waals surface area contributed by atoms with Crippen molar-refractivity contribution >= 4 is 11.8 Å². The number of benzene rings is 1. The molecule has 5 heteroatoms. The topological polar surface area (TPSA) is 52.7 Å². The number of nitrogens with one attached hydrogen (secondary N) is 1. The Labute approximate surface area is 131 Å². The van der Waals surface area contributed by atoms with Crippen molar-refractivity contribution in [1.29, 1.82) is 0 Å². The van der Waals surface area contributed by atoms with Crippen LogP contribution in [0, 0.1) is 6.92 Å². The zero-order chi connectivity index (χ0) is 15.5. The maximum Gasteiger partial charge on any atom is 0.253 e. The highest BCUT2D eigenvalue weighted by Crippen LogP contribution is 2.18. The second-order valence-electron chi connectivity index (χ2n) is 6.28. The summed E-state index contributed by atoms with van der Waals surface area (Å²) in [4.78, 5) is 28.2. The molecule has 1 aliphatic carbocycles. The van der Waals surface area contributed by atoms with Crippen molar-refractivity contribution in [2.45, 2.75) is 25.8 Å². The first-order valence-electron chi connectivity index (χ1n) is 7.99. The molecule has 1 saturated carbocycles. The molecular formula is C17H23N3O2. The lowest BCUT2D eigenvalue weighted by Gasteiger charge is -2.34. The summed E-state index contributed by atoms with van der Waals surface area (Å²) in [6.07, 6.45) is 2.23. The van der Waals surface area contributed by atoms with Gasteiger partial charge >= 0.3 is 0 Å². The van der Waals surface area contributed by atoms with Gasteiger partial charge in [0, 0.05) is 37.8 Å². The van der Waals surface area contributed by atoms with Crippen molar-refractivity contribution in [3.8, 4) is 0 Å². The quantitative estimate of drug-likeness (QED) is 0.904. The SMILES string of the molecule is Cc1ccc(C(=O)N2CCN(CC(=O)NC3CC3)CC2)cc1. The second kappa shape index (κ2) is 6.48. The van der Waals surface area contributed by atoms with Crippen molar-refractivity contribution in [3.05, 3.63) is 35.4 Å². The van der Waals surface area contributed by atoms with E-state index in [4.69, 9.17) is 0 Å². The van der Waals surface area contributed by atoms with Crippen LogP contribution in [-0.2, 0) is 4.79 Å². The Kier molecular flexibility index (Phi) is 4.43. The monoisotopic (exact) mass is 301 g/mol. The highest BCUT2D eigenvalue weighted by atomic mass is 16.2. The minimum atomic E-state index is 0.0853. The van der Waals surface area contributed by atoms with E-state index in [2.05, 4.69) is 10.2 Å². The third-order valence-electron chi connectivity index (χ3n) is 4.27. The highest BCUT2D eigenvalue weighted by molar-refractivity contribution is 5.94. The van der Waals surface area contributed by atoms with E-state index in [9.17, 15) is 9.59 Å². The number of nitrogens with zero attached hydrogens (tertiary/aromatic N) is 2. The van der Waals surface area contributed by atoms with Gasteiger partial charge in [0.25, 0.3) is 5.91 Å². The predicted octanol–water partition coefficient (Wildman–Crippen LogP) is 1.03. The number of aryl methyl sites for hydroxylation is 1. The Morgan fingerprint density at radius 2 is 1.73 bits per heavy atom. The van der Waals surface area contributed by atoms with Gasteiger partial charge in [-0.15, -0.1) is 0 Å². The van der Waals surface area contributed by atoms with Crippen LogP contribution in [0.4, 0.5) is 0 Å². The smallest absolute Gasteiger partial charge is 0.253 e. The number of hydrogen-bond donors (Lipinski definition) is 1. The number of carbonyl (C=O) groups is 2. The van der Waals surface area contributed by atoms with Gasteiger partial charge in [-0.05, 0) is 31.9 Å². The summed E-state index contributed by atoms with van der Waals surface area (Å²) < 4.78 is 0. The van der Waals surface area contributed by atoms with Gasteiger partial charge in [0.1, 0.15) is 0 Å². The molecule has 1 saturated heterocycles. The van der Waals surface area contributed by atoms with Crippen molar-refractivity contribution < 1.29 is 9.59 Å². The molecule has 0 radical (unpaired) electrons. The molecule has 0 bridgehead atoms. The maximum atomic E-state index is 12.4. The highest BCUT2D eigenvalue weighted by Gasteiger charge is 2.26. The van der Waals surface area contributed by atoms with Crippen molar-refractivity contribution in [2.24, 2.45) is 0 Å². The van der Waals surface area contributed by atoms with Gasteiger partial charge in [0.2, 0.25) is 5.91 Å². The number of carbonyl (C=O) groups excluding carboxylic acids is 2. The van der Waals surface area contributed by atoms with Crippen LogP contribution in [0.5, 0.6) is 0 Å². The molecule has 0 aromatic heterocycles. The van der Waals surface area contributed by atoms with Crippen molar-refractivity contribution in [3.63, 3.8) is 0 Å². The summed E-state index contributed by atoms with van der Waals surface area (Å²) in [5, 5.41) is 3.01. The summed E-state index contributed by atoms with van der Waals surface area (Å²) in [5.74, 6) is 0.197. The third kappa shape index (κ3) is 3.85. The molecule has 0 spiro atoms. The summed E-state index contributed by atoms with van der Waals surface area (Å²) in [6, 6.07) is 8.11. The lowest BCUT2D eigenvalue weighted by atomic mass is 10.1. The van der Waals surface area contributed by atoms with Gasteiger partial charge in [-0.25, -0.2) is 0 Å². The molecule has 2 aliphatic rings. The van der Waals surface area contributed by atoms with Crippen LogP contribution in [0.2, 0.25) is 0 Å². The van der Waals surface area contributed by atoms with E-state index in [0.717, 1.165) is 37.1 Å². The largest absolute Gasteiger partial charge is 0.352 e. The molecule has 22 heavy (non-hydrogen) atoms. The van der Waals surface area contributed by atoms with E-state index in [-0.39, 0.29) is 11.8 Å². The van der Waals surface area contributed by atoms with Gasteiger partial charge in [0.05, 0.1) is 6.54 Å². The zero-order valence-corrected chi connectivity index (χ0v) is 13.0. The first-order valence-corrected chi connectivity index (χ1v) is 7.99. The van der Waals surface area contributed by atoms with Gasteiger partial charge in [-0.2, -0.15) is 0 Å². The predicted molar refractivity (Wildman–Crippen MR) is 84.7 cm³/mol. The average molecular weight is 301 g/mol. The Morgan fingerprint density at radius 3 is 2.32 bits per heavy atom. The Balaban J connectivity index is 1.47. The maximum absolute atomic E-state index is 12.4. The summed E-state index contributed by atoms with van der Waals surface area (Å²) in [5.41, 5.74) is 1.90. The van der Waals surface area contributed by atoms with Crippen molar-refractivity contribution in [2.75, 3.05) is 32.7 Å². The Morgan fingerprint density at radius 1 is 1.09 bits per heavy atom. The first-order chi connectivity index (χ1) is 10.6. The molecule has 5 nitrogen and oxygen atoms in total. The molecule has 2 amide bonds. The number of hydrogen-bond acceptors (Lipinski definition) is 3. The lowest BCUT2D eigenvalue weighted by Crippen LogP contribution is -2.51. The summed E-state index contributed by atoms with van der Waals surface area (Å²) in [6.45, 7) is 5.35. The fourth-order valence-corrected chi connectivity index (χ4v) is 2.69. The lowest BCUT2D eigenvalue weighted by molar-refractivity contribution is -0.122. The number of rotatable bonds is 4. The van der Waals surface area contributed by atoms with Crippen LogP contribution in [0.3, 0.4) is 0 Å². The molecule has 0 unspecified atom stereocenters. The molecular weight excluding hydrogens is 278 g/mol. The fraction of sp³-hybridized carbons (Fsp3) is 0.529. The minimum Gasteiger partial charge on any atom is -0.352 e. The zero-order valence-electron chi connectivity index (χ0n) is 13.0. The molecule has 1 N–H and O–H groups in total. The van der Waals surface area contributed by atoms with Gasteiger partial charge in [-0.3, -0.25) is 14.5 Å². The van der Waals surface area contributed by atoms with E-state index in [1.54, 1.807) is 0 Å². The standard InChI is InChI=1S/C17H23N3O2/c1-13-2-4-14(5-3-13)17(22)20-10-8-19(9-11-20)12-16(21)18-15-6-7-15/h2-5,15H,6-12H2,1H3,(H,18,21). The van der Waals surface area contributed by atoms with Crippen LogP contribution >= 0.6 is 0 Å². The van der Waals surface area contributed by atoms with Crippen LogP contribution in [-0.4, -0.2) is 60.4 Å². The normalized spacial score (nSPS) is 19.0. The number of amides is 2. The fourth-order valence-electron chi connectivity index (χ4n) is 2.69. The van der Waals surface area contributed by atoms with E-state index < -0.39 is 0 Å². The van der Waals surface area contributed by atoms with Gasteiger partial charge in [0.15, 0.2) is 0 Å². The summed E-state index contributed by atoms with van der Waals surface area (Å²) >= 11 is 0. The summed E-state index contributed by atoms with van der Waals surface area (Å²) in [7, 11) is 0. The molecule has 0 atom stereocenters. The molecule has 3 rings (SSSR count). The molecule has 118 valence electrons. The Bertz CT molecular complexity index is 544. The second-order valence-corrected chi connectivity index (χ2v) is 6.28. The Hall–Kier alpha value is -1.88. The first kappa shape index (κ1) is 15.0. The van der Waals surface area contributed by atoms with Gasteiger partial charge < -0.3 is 10.2 Å². The van der Waals surface area contributed by atoms with E-state index in [1.807, 2.05) is 36.1 Å². The van der Waals surface area contributed by atoms with Crippen LogP contribution in [0.1, 0.15) is 28.8 Å². The molecule has 1 aromatic carbocycles. The van der Waals surface area contributed by atoms with Crippen LogP contribution < -0.4 is 5.32 Å². The van der Waals surface area contributed by atoms with E-state index in [1.165, 1.54) is 0 Å². The molecule has 1 aromatic rings. The average Bonchev–Trinajstić information content (AvgIpc) is 3.32. The number of piperazine rings is 1. The van der Waals surface area contributed by atoms with E-state index >= 15 is 0 Å².